The van der Waals surface area contributed by atoms with Crippen LogP contribution in [0.5, 0.6) is 0 Å². The second-order valence-electron chi connectivity index (χ2n) is 30.2. The monoisotopic (exact) mass is 1870 g/mol. The van der Waals surface area contributed by atoms with Crippen LogP contribution in [0, 0.1) is 34.0 Å². The Morgan fingerprint density at radius 1 is 0.375 bits per heavy atom. The Bertz CT molecular complexity index is 3970. The van der Waals surface area contributed by atoms with Crippen molar-refractivity contribution in [2.45, 2.75) is 222 Å². The first kappa shape index (κ1) is 114. The van der Waals surface area contributed by atoms with E-state index in [2.05, 4.69) is 134 Å². The predicted molar refractivity (Wildman–Crippen MR) is 469 cm³/mol. The molecule has 718 valence electrons. The van der Waals surface area contributed by atoms with E-state index < -0.39 is 296 Å². The molecule has 0 aromatic heterocycles. The van der Waals surface area contributed by atoms with E-state index in [1.807, 2.05) is 0 Å². The third kappa shape index (κ3) is 44.9. The zero-order valence-electron chi connectivity index (χ0n) is 71.6. The van der Waals surface area contributed by atoms with Gasteiger partial charge < -0.3 is 149 Å². The minimum atomic E-state index is -1.93. The molecule has 1 rings (SSSR count). The SMILES string of the molecule is CC[C@H](C)[C@H](NC(=O)CNC(=O)[C@H](CCCNC(=N)N)NC(=O)[C@H](CO)NC(=O)[C@@H](N)CCCNC(=N)N)C(=O)N[C@H](C(=O)N[C@@H](CCC(=O)O)C(=O)N[C@@H](CCC(=O)O)C(=O)N[C@@H](CS)C(=O)N[C@@H](CS)C(=O)N[C@@H](Cc1ccccc1)C(=O)N[C@@H](CCCNC(=N)N)C(=O)N[C@@H](CO)C(=O)N[C@@H](CS)C(=O)N[C@@H](CC(=O)O)C(=O)N[C@@H](CC(C)C)C(=O)O)C(C)C. The highest BCUT2D eigenvalue weighted by Gasteiger charge is 2.40. The van der Waals surface area contributed by atoms with Gasteiger partial charge in [0.2, 0.25) is 88.6 Å². The highest BCUT2D eigenvalue weighted by molar-refractivity contribution is 7.80. The fourth-order valence-corrected chi connectivity index (χ4v) is 12.5. The number of amides is 15. The number of aliphatic carboxylic acids is 4. The van der Waals surface area contributed by atoms with Gasteiger partial charge in [0.1, 0.15) is 84.6 Å². The van der Waals surface area contributed by atoms with Gasteiger partial charge in [0.05, 0.1) is 32.2 Å². The third-order valence-corrected chi connectivity index (χ3v) is 20.0. The number of nitrogens with one attached hydrogen (secondary N) is 21. The topological polar surface area (TPSA) is 838 Å². The van der Waals surface area contributed by atoms with E-state index in [1.165, 1.54) is 13.8 Å². The van der Waals surface area contributed by atoms with Gasteiger partial charge in [-0.05, 0) is 81.1 Å². The maximum atomic E-state index is 14.6. The number of nitrogens with two attached hydrogens (primary N) is 4. The molecule has 0 spiro atoms. The summed E-state index contributed by atoms with van der Waals surface area (Å²) in [4.78, 5) is 256. The molecule has 50 nitrogen and oxygen atoms in total. The first-order valence-corrected chi connectivity index (χ1v) is 42.5. The van der Waals surface area contributed by atoms with Gasteiger partial charge in [-0.2, -0.15) is 37.9 Å². The maximum Gasteiger partial charge on any atom is 0.326 e. The standard InChI is InChI=1S/C75H125N25O25S3/c1-7-37(6)57(99-52(103)29-86-59(111)40(17-12-24-84-74(79)80)87-65(117)47(30-101)94-58(110)39(76)16-11-23-83-73(77)78)71(123)100-56(36(4)5)70(122)90-43(20-22-54(106)107)61(113)89-42(19-21-53(104)105)62(114)96-51(34-128)69(121)98-50(33-127)67(119)91-44(27-38-14-9-8-10-15-38)63(115)88-41(18-13-25-85-75(81)82)60(112)95-48(31-102)66(118)97-49(32-126)68(120)92-45(28-55(108)109)64(116)93-46(72(124)125)26-35(2)3/h8-10,14-15,35-37,39-51,56-57,101-102,126-128H,7,11-13,16-34,76H2,1-6H3,(H,86,111)(H,87,117)(H,88,115)(H,89,113)(H,90,122)(H,91,119)(H,92,120)(H,93,116)(H,94,110)(H,95,112)(H,96,114)(H,97,118)(H,98,121)(H,99,103)(H,100,123)(H,104,105)(H,106,107)(H,108,109)(H,124,125)(H4,77,78,83)(H4,79,80,84)(H4,81,82,85)/t37-,39-,40-,41-,42-,43-,44-,45-,46-,47-,48-,49-,50-,51-,56-,57-/m0/s1. The van der Waals surface area contributed by atoms with E-state index in [4.69, 9.17) is 39.2 Å². The Hall–Kier alpha value is -12.1. The average molecular weight is 1870 g/mol. The summed E-state index contributed by atoms with van der Waals surface area (Å²) < 4.78 is 0. The number of thiol groups is 3. The lowest BCUT2D eigenvalue weighted by atomic mass is 9.96. The van der Waals surface area contributed by atoms with Gasteiger partial charge >= 0.3 is 23.9 Å². The quantitative estimate of drug-likeness (QED) is 0.0125. The van der Waals surface area contributed by atoms with Crippen molar-refractivity contribution in [1.29, 1.82) is 16.2 Å². The molecule has 0 bridgehead atoms. The fraction of sp³-hybridized carbons (Fsp3) is 0.627. The zero-order valence-corrected chi connectivity index (χ0v) is 74.3. The highest BCUT2D eigenvalue weighted by Crippen LogP contribution is 2.15. The largest absolute Gasteiger partial charge is 0.481 e. The number of guanidine groups is 3. The summed E-state index contributed by atoms with van der Waals surface area (Å²) >= 11 is 12.5. The van der Waals surface area contributed by atoms with Gasteiger partial charge in [-0.25, -0.2) is 4.79 Å². The van der Waals surface area contributed by atoms with Gasteiger partial charge in [0.15, 0.2) is 17.9 Å². The van der Waals surface area contributed by atoms with Gasteiger partial charge in [-0.1, -0.05) is 78.3 Å². The Morgan fingerprint density at radius 3 is 1.09 bits per heavy atom. The molecule has 128 heavy (non-hydrogen) atoms. The van der Waals surface area contributed by atoms with Crippen LogP contribution in [0.15, 0.2) is 30.3 Å². The first-order valence-electron chi connectivity index (χ1n) is 40.7. The molecule has 35 N–H and O–H groups in total. The summed E-state index contributed by atoms with van der Waals surface area (Å²) in [6.45, 7) is 6.64. The molecule has 0 radical (unpaired) electrons. The molecule has 1 aromatic rings. The molecule has 0 fully saturated rings. The average Bonchev–Trinajstić information content (AvgIpc) is 0.854. The van der Waals surface area contributed by atoms with Crippen molar-refractivity contribution in [2.75, 3.05) is 56.7 Å². The Kier molecular flexibility index (Phi) is 53.9. The Balaban J connectivity index is 3.58. The third-order valence-electron chi connectivity index (χ3n) is 18.9. The van der Waals surface area contributed by atoms with Crippen molar-refractivity contribution in [3.8, 4) is 0 Å². The van der Waals surface area contributed by atoms with Crippen LogP contribution in [0.3, 0.4) is 0 Å². The summed E-state index contributed by atoms with van der Waals surface area (Å²) in [6, 6.07) is -17.0. The molecule has 0 aliphatic heterocycles. The van der Waals surface area contributed by atoms with E-state index in [0.29, 0.717) is 5.56 Å². The molecular formula is C75H125N25O25S3. The highest BCUT2D eigenvalue weighted by atomic mass is 32.1. The van der Waals surface area contributed by atoms with Crippen LogP contribution in [0.25, 0.3) is 0 Å². The summed E-state index contributed by atoms with van der Waals surface area (Å²) in [5.74, 6) is -27.4. The predicted octanol–water partition coefficient (Wildman–Crippen LogP) is -9.94. The lowest BCUT2D eigenvalue weighted by molar-refractivity contribution is -0.144. The van der Waals surface area contributed by atoms with E-state index in [0.717, 1.165) is 0 Å². The minimum absolute atomic E-state index is 0.0302. The number of carbonyl (C=O) groups excluding carboxylic acids is 15. The second-order valence-corrected chi connectivity index (χ2v) is 31.3. The van der Waals surface area contributed by atoms with Gasteiger partial charge in [0, 0.05) is 56.2 Å². The van der Waals surface area contributed by atoms with Crippen molar-refractivity contribution in [1.82, 2.24) is 95.7 Å². The van der Waals surface area contributed by atoms with Crippen molar-refractivity contribution in [2.24, 2.45) is 40.7 Å². The van der Waals surface area contributed by atoms with Crippen LogP contribution < -0.4 is 119 Å². The number of hydrogen-bond acceptors (Lipinski definition) is 28. The summed E-state index contributed by atoms with van der Waals surface area (Å²) in [7, 11) is 0. The number of aliphatic hydroxyl groups excluding tert-OH is 2. The molecule has 53 heteroatoms. The summed E-state index contributed by atoms with van der Waals surface area (Å²) in [5, 5.41) is 124. The van der Waals surface area contributed by atoms with Crippen LogP contribution >= 0.6 is 37.9 Å². The van der Waals surface area contributed by atoms with E-state index >= 15 is 0 Å². The van der Waals surface area contributed by atoms with Crippen LogP contribution in [-0.2, 0) is 97.5 Å². The van der Waals surface area contributed by atoms with Gasteiger partial charge in [0.25, 0.3) is 0 Å². The van der Waals surface area contributed by atoms with E-state index in [1.54, 1.807) is 58.0 Å². The van der Waals surface area contributed by atoms with E-state index in [-0.39, 0.29) is 89.3 Å². The molecule has 0 saturated heterocycles. The number of hydrogen-bond donors (Lipinski definition) is 34. The first-order chi connectivity index (χ1) is 60.2. The van der Waals surface area contributed by atoms with Crippen LogP contribution in [0.4, 0.5) is 0 Å². The van der Waals surface area contributed by atoms with Crippen LogP contribution in [-0.4, -0.2) is 308 Å². The molecular weight excluding hydrogens is 1750 g/mol. The molecule has 0 aliphatic rings. The molecule has 1 aromatic carbocycles. The Labute approximate surface area is 753 Å². The van der Waals surface area contributed by atoms with Crippen molar-refractivity contribution in [3.63, 3.8) is 0 Å². The Morgan fingerprint density at radius 2 is 0.711 bits per heavy atom. The normalized spacial score (nSPS) is 14.7. The molecule has 15 amide bonds. The summed E-state index contributed by atoms with van der Waals surface area (Å²) in [6.07, 6.45) is -4.42. The number of aliphatic hydroxyl groups is 2. The summed E-state index contributed by atoms with van der Waals surface area (Å²) in [5.41, 5.74) is 22.5. The van der Waals surface area contributed by atoms with Crippen molar-refractivity contribution < 1.29 is 122 Å². The van der Waals surface area contributed by atoms with E-state index in [9.17, 15) is 122 Å². The zero-order chi connectivity index (χ0) is 97.2. The second kappa shape index (κ2) is 60.5. The van der Waals surface area contributed by atoms with Gasteiger partial charge in [-0.15, -0.1) is 0 Å². The maximum absolute atomic E-state index is 14.6. The molecule has 16 atom stereocenters. The number of carboxylic acids is 4. The molecule has 0 heterocycles. The molecule has 0 unspecified atom stereocenters. The number of carbonyl (C=O) groups is 19. The molecule has 0 aliphatic carbocycles. The van der Waals surface area contributed by atoms with Crippen molar-refractivity contribution >= 4 is 168 Å². The van der Waals surface area contributed by atoms with Crippen LogP contribution in [0.2, 0.25) is 0 Å². The smallest absolute Gasteiger partial charge is 0.326 e. The minimum Gasteiger partial charge on any atom is -0.481 e. The number of rotatable bonds is 63. The lowest BCUT2D eigenvalue weighted by Crippen LogP contribution is -2.62. The lowest BCUT2D eigenvalue weighted by Gasteiger charge is -2.29. The number of benzene rings is 1. The van der Waals surface area contributed by atoms with Crippen LogP contribution in [0.1, 0.15) is 131 Å². The van der Waals surface area contributed by atoms with Crippen molar-refractivity contribution in [3.05, 3.63) is 35.9 Å². The van der Waals surface area contributed by atoms with Gasteiger partial charge in [-0.3, -0.25) is 103 Å². The molecule has 0 saturated carbocycles. The number of carboxylic acid groups (broad SMARTS) is 4. The fourth-order valence-electron chi connectivity index (χ4n) is 11.7.